The molecule has 1 fully saturated rings. The lowest BCUT2D eigenvalue weighted by Gasteiger charge is -2.22. The normalized spacial score (nSPS) is 21.4. The average Bonchev–Trinajstić information content (AvgIpc) is 2.45. The zero-order valence-electron chi connectivity index (χ0n) is 8.03. The van der Waals surface area contributed by atoms with Crippen molar-refractivity contribution < 1.29 is 18.3 Å². The van der Waals surface area contributed by atoms with Crippen molar-refractivity contribution in [2.75, 3.05) is 13.1 Å². The fourth-order valence-corrected chi connectivity index (χ4v) is 1.76. The van der Waals surface area contributed by atoms with Crippen LogP contribution in [0, 0.1) is 0 Å². The van der Waals surface area contributed by atoms with Gasteiger partial charge in [-0.1, -0.05) is 12.8 Å². The Morgan fingerprint density at radius 1 is 1.21 bits per heavy atom. The topological polar surface area (TPSA) is 32.3 Å². The van der Waals surface area contributed by atoms with Gasteiger partial charge in [-0.2, -0.15) is 13.2 Å². The molecule has 0 aliphatic heterocycles. The minimum Gasteiger partial charge on any atom is -0.389 e. The lowest BCUT2D eigenvalue weighted by Crippen LogP contribution is -2.39. The maximum atomic E-state index is 11.7. The van der Waals surface area contributed by atoms with Gasteiger partial charge in [-0.3, -0.25) is 0 Å². The molecule has 0 aromatic rings. The fraction of sp³-hybridized carbons (Fsp3) is 1.00. The summed E-state index contributed by atoms with van der Waals surface area (Å²) in [5.41, 5.74) is -0.758. The number of hydrogen-bond acceptors (Lipinski definition) is 2. The van der Waals surface area contributed by atoms with Crippen LogP contribution in [0.5, 0.6) is 0 Å². The molecule has 0 saturated heterocycles. The minimum atomic E-state index is -4.11. The number of alkyl halides is 3. The van der Waals surface area contributed by atoms with Crippen LogP contribution in [0.3, 0.4) is 0 Å². The molecule has 0 bridgehead atoms. The number of rotatable bonds is 4. The zero-order valence-corrected chi connectivity index (χ0v) is 8.03. The van der Waals surface area contributed by atoms with Crippen molar-refractivity contribution in [2.24, 2.45) is 0 Å². The molecule has 1 rings (SSSR count). The first-order valence-electron chi connectivity index (χ1n) is 4.91. The summed E-state index contributed by atoms with van der Waals surface area (Å²) in [4.78, 5) is 0. The van der Waals surface area contributed by atoms with Gasteiger partial charge in [0, 0.05) is 13.1 Å². The Morgan fingerprint density at radius 3 is 2.29 bits per heavy atom. The van der Waals surface area contributed by atoms with E-state index in [1.54, 1.807) is 0 Å². The highest BCUT2D eigenvalue weighted by Crippen LogP contribution is 2.28. The molecule has 2 nitrogen and oxygen atoms in total. The first-order valence-corrected chi connectivity index (χ1v) is 4.91. The maximum Gasteiger partial charge on any atom is 0.390 e. The number of hydrogen-bond donors (Lipinski definition) is 2. The Bertz CT molecular complexity index is 175. The molecule has 1 aliphatic rings. The molecule has 1 aliphatic carbocycles. The van der Waals surface area contributed by atoms with Crippen LogP contribution in [0.25, 0.3) is 0 Å². The Labute approximate surface area is 81.5 Å². The summed E-state index contributed by atoms with van der Waals surface area (Å²) >= 11 is 0. The van der Waals surface area contributed by atoms with E-state index < -0.39 is 18.2 Å². The molecule has 2 N–H and O–H groups in total. The lowest BCUT2D eigenvalue weighted by molar-refractivity contribution is -0.133. The van der Waals surface area contributed by atoms with Crippen LogP contribution in [0.2, 0.25) is 0 Å². The number of nitrogens with one attached hydrogen (secondary N) is 1. The van der Waals surface area contributed by atoms with Crippen molar-refractivity contribution in [1.82, 2.24) is 5.32 Å². The van der Waals surface area contributed by atoms with Crippen molar-refractivity contribution >= 4 is 0 Å². The van der Waals surface area contributed by atoms with Crippen LogP contribution < -0.4 is 5.32 Å². The molecule has 0 amide bonds. The first kappa shape index (κ1) is 11.8. The van der Waals surface area contributed by atoms with Gasteiger partial charge in [0.25, 0.3) is 0 Å². The molecule has 0 heterocycles. The smallest absolute Gasteiger partial charge is 0.389 e. The van der Waals surface area contributed by atoms with Crippen LogP contribution in [0.15, 0.2) is 0 Å². The highest BCUT2D eigenvalue weighted by atomic mass is 19.4. The van der Waals surface area contributed by atoms with Crippen LogP contribution >= 0.6 is 0 Å². The summed E-state index contributed by atoms with van der Waals surface area (Å²) in [6, 6.07) is 0. The van der Waals surface area contributed by atoms with Crippen molar-refractivity contribution in [3.63, 3.8) is 0 Å². The highest BCUT2D eigenvalue weighted by molar-refractivity contribution is 4.86. The molecule has 5 heteroatoms. The molecule has 0 unspecified atom stereocenters. The molecule has 84 valence electrons. The molecule has 0 spiro atoms. The second kappa shape index (κ2) is 4.49. The van der Waals surface area contributed by atoms with Crippen molar-refractivity contribution in [2.45, 2.75) is 43.9 Å². The van der Waals surface area contributed by atoms with Gasteiger partial charge >= 0.3 is 6.18 Å². The molecule has 0 aromatic carbocycles. The van der Waals surface area contributed by atoms with Crippen LogP contribution in [0.4, 0.5) is 13.2 Å². The van der Waals surface area contributed by atoms with Gasteiger partial charge in [-0.05, 0) is 12.8 Å². The second-order valence-electron chi connectivity index (χ2n) is 3.97. The third-order valence-electron chi connectivity index (χ3n) is 2.57. The Kier molecular flexibility index (Phi) is 3.78. The quantitative estimate of drug-likeness (QED) is 0.695. The van der Waals surface area contributed by atoms with Gasteiger partial charge in [0.15, 0.2) is 0 Å². The van der Waals surface area contributed by atoms with Gasteiger partial charge in [0.1, 0.15) is 0 Å². The second-order valence-corrected chi connectivity index (χ2v) is 3.97. The molecular formula is C9H16F3NO. The van der Waals surface area contributed by atoms with E-state index >= 15 is 0 Å². The molecule has 0 radical (unpaired) electrons. The number of halogens is 3. The monoisotopic (exact) mass is 211 g/mol. The molecular weight excluding hydrogens is 195 g/mol. The van der Waals surface area contributed by atoms with Gasteiger partial charge in [0.2, 0.25) is 0 Å². The summed E-state index contributed by atoms with van der Waals surface area (Å²) in [6.45, 7) is 0.175. The van der Waals surface area contributed by atoms with Crippen molar-refractivity contribution in [3.8, 4) is 0 Å². The van der Waals surface area contributed by atoms with Gasteiger partial charge in [-0.25, -0.2) is 0 Å². The van der Waals surface area contributed by atoms with E-state index in [0.717, 1.165) is 12.8 Å². The maximum absolute atomic E-state index is 11.7. The Hall–Kier alpha value is -0.290. The third-order valence-corrected chi connectivity index (χ3v) is 2.57. The molecule has 1 saturated carbocycles. The summed E-state index contributed by atoms with van der Waals surface area (Å²) < 4.78 is 35.2. The lowest BCUT2D eigenvalue weighted by atomic mass is 10.0. The van der Waals surface area contributed by atoms with E-state index in [1.807, 2.05) is 0 Å². The average molecular weight is 211 g/mol. The van der Waals surface area contributed by atoms with Gasteiger partial charge in [-0.15, -0.1) is 0 Å². The van der Waals surface area contributed by atoms with E-state index in [1.165, 1.54) is 0 Å². The van der Waals surface area contributed by atoms with Gasteiger partial charge < -0.3 is 10.4 Å². The zero-order chi connectivity index (χ0) is 10.7. The summed E-state index contributed by atoms with van der Waals surface area (Å²) in [5, 5.41) is 12.4. The Morgan fingerprint density at radius 2 is 1.79 bits per heavy atom. The fourth-order valence-electron chi connectivity index (χ4n) is 1.76. The van der Waals surface area contributed by atoms with Gasteiger partial charge in [0.05, 0.1) is 12.0 Å². The predicted molar refractivity (Wildman–Crippen MR) is 47.0 cm³/mol. The summed E-state index contributed by atoms with van der Waals surface area (Å²) in [5.74, 6) is 0. The molecule has 0 aromatic heterocycles. The van der Waals surface area contributed by atoms with E-state index in [0.29, 0.717) is 12.8 Å². The highest BCUT2D eigenvalue weighted by Gasteiger charge is 2.31. The SMILES string of the molecule is OC1(CNCCC(F)(F)F)CCCC1. The third kappa shape index (κ3) is 4.28. The standard InChI is InChI=1S/C9H16F3NO/c10-9(11,12)5-6-13-7-8(14)3-1-2-4-8/h13-14H,1-7H2. The largest absolute Gasteiger partial charge is 0.390 e. The molecule has 14 heavy (non-hydrogen) atoms. The van der Waals surface area contributed by atoms with E-state index in [-0.39, 0.29) is 13.1 Å². The Balaban J connectivity index is 2.09. The summed E-state index contributed by atoms with van der Waals surface area (Å²) in [7, 11) is 0. The molecule has 0 atom stereocenters. The predicted octanol–water partition coefficient (Wildman–Crippen LogP) is 1.83. The van der Waals surface area contributed by atoms with Crippen LogP contribution in [0.1, 0.15) is 32.1 Å². The van der Waals surface area contributed by atoms with E-state index in [4.69, 9.17) is 0 Å². The first-order chi connectivity index (χ1) is 6.41. The van der Waals surface area contributed by atoms with Crippen LogP contribution in [-0.4, -0.2) is 30.0 Å². The summed E-state index contributed by atoms with van der Waals surface area (Å²) in [6.07, 6.45) is -1.60. The van der Waals surface area contributed by atoms with E-state index in [9.17, 15) is 18.3 Å². The van der Waals surface area contributed by atoms with Crippen molar-refractivity contribution in [3.05, 3.63) is 0 Å². The van der Waals surface area contributed by atoms with E-state index in [2.05, 4.69) is 5.32 Å². The number of aliphatic hydroxyl groups is 1. The minimum absolute atomic E-state index is 0.105. The van der Waals surface area contributed by atoms with Crippen molar-refractivity contribution in [1.29, 1.82) is 0 Å². The van der Waals surface area contributed by atoms with Crippen LogP contribution in [-0.2, 0) is 0 Å².